The second-order valence-electron chi connectivity index (χ2n) is 5.07. The Balaban J connectivity index is 1.52. The maximum Gasteiger partial charge on any atom is 0.277 e. The van der Waals surface area contributed by atoms with Gasteiger partial charge in [0, 0.05) is 6.54 Å². The molecular formula is C16H16N4O2S2. The summed E-state index contributed by atoms with van der Waals surface area (Å²) in [6.07, 6.45) is 0. The number of aromatic nitrogens is 3. The zero-order valence-corrected chi connectivity index (χ0v) is 14.9. The third-order valence-corrected chi connectivity index (χ3v) is 5.04. The van der Waals surface area contributed by atoms with Crippen LogP contribution in [0.3, 0.4) is 0 Å². The molecule has 0 spiro atoms. The number of benzene rings is 1. The average molecular weight is 360 g/mol. The molecule has 0 fully saturated rings. The second-order valence-corrected chi connectivity index (χ2v) is 7.20. The van der Waals surface area contributed by atoms with Gasteiger partial charge in [0.1, 0.15) is 4.88 Å². The molecule has 0 aliphatic rings. The lowest BCUT2D eigenvalue weighted by Crippen LogP contribution is -2.24. The van der Waals surface area contributed by atoms with E-state index in [2.05, 4.69) is 20.5 Å². The largest absolute Gasteiger partial charge is 0.410 e. The van der Waals surface area contributed by atoms with Gasteiger partial charge in [-0.15, -0.1) is 21.5 Å². The maximum atomic E-state index is 11.9. The number of thiazole rings is 1. The first-order chi connectivity index (χ1) is 11.6. The third kappa shape index (κ3) is 4.21. The smallest absolute Gasteiger partial charge is 0.277 e. The first-order valence-electron chi connectivity index (χ1n) is 7.33. The number of carbonyl (C=O) groups excluding carboxylic acids is 1. The van der Waals surface area contributed by atoms with E-state index in [0.717, 1.165) is 21.1 Å². The van der Waals surface area contributed by atoms with Crippen molar-refractivity contribution in [2.24, 2.45) is 0 Å². The third-order valence-electron chi connectivity index (χ3n) is 3.16. The molecule has 0 bridgehead atoms. The van der Waals surface area contributed by atoms with Crippen molar-refractivity contribution in [1.82, 2.24) is 20.5 Å². The summed E-state index contributed by atoms with van der Waals surface area (Å²) in [5.74, 6) is 0.605. The fourth-order valence-corrected chi connectivity index (χ4v) is 3.50. The van der Waals surface area contributed by atoms with Crippen LogP contribution in [0, 0.1) is 13.8 Å². The summed E-state index contributed by atoms with van der Waals surface area (Å²) in [5.41, 5.74) is 1.94. The summed E-state index contributed by atoms with van der Waals surface area (Å²) < 4.78 is 5.61. The van der Waals surface area contributed by atoms with Gasteiger partial charge < -0.3 is 9.73 Å². The Hall–Kier alpha value is -2.19. The summed E-state index contributed by atoms with van der Waals surface area (Å²) in [4.78, 5) is 17.1. The molecule has 0 aliphatic heterocycles. The van der Waals surface area contributed by atoms with Crippen molar-refractivity contribution in [3.8, 4) is 10.8 Å². The van der Waals surface area contributed by atoms with E-state index >= 15 is 0 Å². The monoisotopic (exact) mass is 360 g/mol. The molecular weight excluding hydrogens is 344 g/mol. The first kappa shape index (κ1) is 16.7. The van der Waals surface area contributed by atoms with Crippen LogP contribution in [-0.4, -0.2) is 26.8 Å². The van der Waals surface area contributed by atoms with Gasteiger partial charge in [0.2, 0.25) is 5.91 Å². The van der Waals surface area contributed by atoms with E-state index < -0.39 is 0 Å². The van der Waals surface area contributed by atoms with Gasteiger partial charge in [-0.3, -0.25) is 4.79 Å². The number of hydrogen-bond donors (Lipinski definition) is 1. The quantitative estimate of drug-likeness (QED) is 0.680. The lowest BCUT2D eigenvalue weighted by atomic mass is 10.2. The number of amides is 1. The molecule has 0 atom stereocenters. The Labute approximate surface area is 147 Å². The molecule has 3 aromatic rings. The van der Waals surface area contributed by atoms with E-state index in [1.165, 1.54) is 23.1 Å². The van der Waals surface area contributed by atoms with Gasteiger partial charge in [-0.25, -0.2) is 4.98 Å². The van der Waals surface area contributed by atoms with Crippen molar-refractivity contribution < 1.29 is 9.21 Å². The molecule has 0 saturated heterocycles. The molecule has 3 rings (SSSR count). The predicted octanol–water partition coefficient (Wildman–Crippen LogP) is 3.22. The minimum Gasteiger partial charge on any atom is -0.410 e. The van der Waals surface area contributed by atoms with Gasteiger partial charge in [-0.1, -0.05) is 42.1 Å². The van der Waals surface area contributed by atoms with E-state index in [0.29, 0.717) is 17.7 Å². The number of thioether (sulfide) groups is 1. The molecule has 8 heteroatoms. The molecule has 1 N–H and O–H groups in total. The molecule has 24 heavy (non-hydrogen) atoms. The number of aryl methyl sites for hydroxylation is 2. The fraction of sp³-hybridized carbons (Fsp3) is 0.250. The number of carbonyl (C=O) groups is 1. The Kier molecular flexibility index (Phi) is 5.27. The van der Waals surface area contributed by atoms with Gasteiger partial charge in [-0.2, -0.15) is 0 Å². The van der Waals surface area contributed by atoms with Crippen LogP contribution in [0.4, 0.5) is 0 Å². The van der Waals surface area contributed by atoms with E-state index in [1.54, 1.807) is 0 Å². The molecule has 0 saturated carbocycles. The van der Waals surface area contributed by atoms with Gasteiger partial charge in [0.25, 0.3) is 11.1 Å². The maximum absolute atomic E-state index is 11.9. The summed E-state index contributed by atoms with van der Waals surface area (Å²) in [7, 11) is 0. The normalized spacial score (nSPS) is 10.8. The first-order valence-corrected chi connectivity index (χ1v) is 9.13. The van der Waals surface area contributed by atoms with E-state index in [4.69, 9.17) is 4.42 Å². The van der Waals surface area contributed by atoms with Crippen molar-refractivity contribution in [3.05, 3.63) is 46.6 Å². The van der Waals surface area contributed by atoms with Crippen molar-refractivity contribution >= 4 is 29.0 Å². The van der Waals surface area contributed by atoms with Crippen LogP contribution in [0.1, 0.15) is 16.3 Å². The molecule has 1 aromatic carbocycles. The zero-order valence-electron chi connectivity index (χ0n) is 13.3. The summed E-state index contributed by atoms with van der Waals surface area (Å²) >= 11 is 2.74. The highest BCUT2D eigenvalue weighted by molar-refractivity contribution is 7.99. The molecule has 0 radical (unpaired) electrons. The van der Waals surface area contributed by atoms with Crippen molar-refractivity contribution in [1.29, 1.82) is 0 Å². The zero-order chi connectivity index (χ0) is 16.9. The van der Waals surface area contributed by atoms with E-state index in [-0.39, 0.29) is 11.7 Å². The topological polar surface area (TPSA) is 80.9 Å². The summed E-state index contributed by atoms with van der Waals surface area (Å²) in [6.45, 7) is 4.35. The minimum absolute atomic E-state index is 0.0755. The predicted molar refractivity (Wildman–Crippen MR) is 93.9 cm³/mol. The Morgan fingerprint density at radius 2 is 2.04 bits per heavy atom. The molecule has 124 valence electrons. The number of nitrogens with zero attached hydrogens (tertiary/aromatic N) is 3. The van der Waals surface area contributed by atoms with E-state index in [9.17, 15) is 4.79 Å². The van der Waals surface area contributed by atoms with Gasteiger partial charge in [0.05, 0.1) is 16.5 Å². The van der Waals surface area contributed by atoms with Crippen LogP contribution >= 0.6 is 23.1 Å². The van der Waals surface area contributed by atoms with Crippen LogP contribution in [0.2, 0.25) is 0 Å². The lowest BCUT2D eigenvalue weighted by Gasteiger charge is -2.03. The highest BCUT2D eigenvalue weighted by atomic mass is 32.2. The van der Waals surface area contributed by atoms with Gasteiger partial charge in [-0.05, 0) is 19.4 Å². The highest BCUT2D eigenvalue weighted by Crippen LogP contribution is 2.30. The Morgan fingerprint density at radius 3 is 2.75 bits per heavy atom. The van der Waals surface area contributed by atoms with Crippen LogP contribution in [-0.2, 0) is 11.3 Å². The Bertz CT molecular complexity index is 830. The average Bonchev–Trinajstić information content (AvgIpc) is 3.18. The Morgan fingerprint density at radius 1 is 1.25 bits per heavy atom. The number of nitrogens with one attached hydrogen (secondary N) is 1. The molecule has 0 unspecified atom stereocenters. The number of rotatable bonds is 6. The summed E-state index contributed by atoms with van der Waals surface area (Å²) in [6, 6.07) is 9.77. The van der Waals surface area contributed by atoms with Gasteiger partial charge >= 0.3 is 0 Å². The molecule has 2 aromatic heterocycles. The fourth-order valence-electron chi connectivity index (χ4n) is 2.06. The molecule has 1 amide bonds. The van der Waals surface area contributed by atoms with E-state index in [1.807, 2.05) is 44.2 Å². The molecule has 6 nitrogen and oxygen atoms in total. The molecule has 0 aliphatic carbocycles. The van der Waals surface area contributed by atoms with Gasteiger partial charge in [0.15, 0.2) is 0 Å². The van der Waals surface area contributed by atoms with Crippen molar-refractivity contribution in [3.63, 3.8) is 0 Å². The van der Waals surface area contributed by atoms with Crippen molar-refractivity contribution in [2.45, 2.75) is 25.6 Å². The van der Waals surface area contributed by atoms with Crippen LogP contribution < -0.4 is 5.32 Å². The number of hydrogen-bond acceptors (Lipinski definition) is 7. The SMILES string of the molecule is Cc1nc(C)c(-c2nnc(SCC(=O)NCc3ccccc3)o2)s1. The highest BCUT2D eigenvalue weighted by Gasteiger charge is 2.15. The van der Waals surface area contributed by atoms with Crippen LogP contribution in [0.5, 0.6) is 0 Å². The molecule has 2 heterocycles. The van der Waals surface area contributed by atoms with Crippen LogP contribution in [0.15, 0.2) is 40.0 Å². The lowest BCUT2D eigenvalue weighted by molar-refractivity contribution is -0.118. The second kappa shape index (κ2) is 7.59. The summed E-state index contributed by atoms with van der Waals surface area (Å²) in [5, 5.41) is 12.2. The van der Waals surface area contributed by atoms with Crippen LogP contribution in [0.25, 0.3) is 10.8 Å². The minimum atomic E-state index is -0.0755. The van der Waals surface area contributed by atoms with Crippen molar-refractivity contribution in [2.75, 3.05) is 5.75 Å². The standard InChI is InChI=1S/C16H16N4O2S2/c1-10-14(24-11(2)18-10)15-19-20-16(22-15)23-9-13(21)17-8-12-6-4-3-5-7-12/h3-7H,8-9H2,1-2H3,(H,17,21).